The summed E-state index contributed by atoms with van der Waals surface area (Å²) in [6.07, 6.45) is 3.71. The molecule has 0 spiro atoms. The predicted octanol–water partition coefficient (Wildman–Crippen LogP) is 3.66. The molecule has 3 aromatic rings. The lowest BCUT2D eigenvalue weighted by Crippen LogP contribution is -2.37. The zero-order valence-corrected chi connectivity index (χ0v) is 16.4. The van der Waals surface area contributed by atoms with Gasteiger partial charge in [0.25, 0.3) is 5.91 Å². The van der Waals surface area contributed by atoms with Gasteiger partial charge in [0.05, 0.1) is 7.11 Å². The van der Waals surface area contributed by atoms with Crippen molar-refractivity contribution in [3.63, 3.8) is 0 Å². The third kappa shape index (κ3) is 4.71. The number of benzene rings is 2. The molecule has 0 bridgehead atoms. The lowest BCUT2D eigenvalue weighted by Gasteiger charge is -2.18. The Labute approximate surface area is 165 Å². The van der Waals surface area contributed by atoms with Crippen molar-refractivity contribution in [2.45, 2.75) is 32.9 Å². The van der Waals surface area contributed by atoms with Crippen LogP contribution in [0.15, 0.2) is 60.9 Å². The lowest BCUT2D eigenvalue weighted by molar-refractivity contribution is -0.128. The summed E-state index contributed by atoms with van der Waals surface area (Å²) in [4.78, 5) is 16.8. The zero-order chi connectivity index (χ0) is 19.9. The largest absolute Gasteiger partial charge is 0.497 e. The van der Waals surface area contributed by atoms with E-state index in [0.717, 1.165) is 17.1 Å². The second-order valence-electron chi connectivity index (χ2n) is 6.42. The van der Waals surface area contributed by atoms with E-state index in [1.165, 1.54) is 0 Å². The van der Waals surface area contributed by atoms with Crippen LogP contribution in [0.5, 0.6) is 11.5 Å². The van der Waals surface area contributed by atoms with E-state index in [2.05, 4.69) is 10.3 Å². The van der Waals surface area contributed by atoms with Crippen molar-refractivity contribution < 1.29 is 14.3 Å². The van der Waals surface area contributed by atoms with Crippen LogP contribution in [0.3, 0.4) is 0 Å². The topological polar surface area (TPSA) is 65.4 Å². The van der Waals surface area contributed by atoms with Gasteiger partial charge in [0, 0.05) is 30.7 Å². The van der Waals surface area contributed by atoms with Gasteiger partial charge >= 0.3 is 0 Å². The monoisotopic (exact) mass is 379 g/mol. The van der Waals surface area contributed by atoms with Gasteiger partial charge in [-0.25, -0.2) is 4.98 Å². The minimum atomic E-state index is -0.556. The highest BCUT2D eigenvalue weighted by molar-refractivity contribution is 5.81. The van der Waals surface area contributed by atoms with Crippen molar-refractivity contribution >= 4 is 5.91 Å². The van der Waals surface area contributed by atoms with Gasteiger partial charge in [0.2, 0.25) is 0 Å². The number of carbonyl (C=O) groups is 1. The first-order valence-corrected chi connectivity index (χ1v) is 9.28. The molecule has 0 aliphatic heterocycles. The van der Waals surface area contributed by atoms with Crippen molar-refractivity contribution in [1.82, 2.24) is 14.9 Å². The van der Waals surface area contributed by atoms with E-state index >= 15 is 0 Å². The van der Waals surface area contributed by atoms with Crippen LogP contribution in [0.1, 0.15) is 24.7 Å². The van der Waals surface area contributed by atoms with Gasteiger partial charge in [-0.1, -0.05) is 25.1 Å². The number of methoxy groups -OCH3 is 1. The van der Waals surface area contributed by atoms with Gasteiger partial charge < -0.3 is 19.4 Å². The van der Waals surface area contributed by atoms with E-state index in [9.17, 15) is 4.79 Å². The number of aromatic nitrogens is 2. The molecule has 2 aromatic carbocycles. The fourth-order valence-corrected chi connectivity index (χ4v) is 2.89. The van der Waals surface area contributed by atoms with Gasteiger partial charge in [0.1, 0.15) is 17.3 Å². The molecule has 0 aliphatic carbocycles. The molecule has 146 valence electrons. The average molecular weight is 379 g/mol. The van der Waals surface area contributed by atoms with E-state index in [-0.39, 0.29) is 5.91 Å². The molecule has 1 atom stereocenters. The number of hydrogen-bond acceptors (Lipinski definition) is 4. The Hall–Kier alpha value is -3.28. The highest BCUT2D eigenvalue weighted by atomic mass is 16.5. The number of ether oxygens (including phenoxy) is 2. The number of nitrogens with zero attached hydrogens (tertiary/aromatic N) is 2. The zero-order valence-electron chi connectivity index (χ0n) is 16.4. The third-order valence-electron chi connectivity index (χ3n) is 4.49. The predicted molar refractivity (Wildman–Crippen MR) is 108 cm³/mol. The summed E-state index contributed by atoms with van der Waals surface area (Å²) >= 11 is 0. The van der Waals surface area contributed by atoms with Crippen molar-refractivity contribution in [1.29, 1.82) is 0 Å². The fourth-order valence-electron chi connectivity index (χ4n) is 2.89. The highest BCUT2D eigenvalue weighted by Gasteiger charge is 2.18. The maximum Gasteiger partial charge on any atom is 0.261 e. The highest BCUT2D eigenvalue weighted by Crippen LogP contribution is 2.20. The first kappa shape index (κ1) is 19.5. The Kier molecular flexibility index (Phi) is 6.32. The summed E-state index contributed by atoms with van der Waals surface area (Å²) in [6, 6.07) is 15.3. The Balaban J connectivity index is 1.58. The van der Waals surface area contributed by atoms with E-state index in [0.29, 0.717) is 24.5 Å². The van der Waals surface area contributed by atoms with Gasteiger partial charge in [0.15, 0.2) is 6.10 Å². The fraction of sp³-hybridized carbons (Fsp3) is 0.273. The second-order valence-corrected chi connectivity index (χ2v) is 6.42. The Bertz CT molecular complexity index is 919. The number of rotatable bonds is 8. The normalized spacial score (nSPS) is 11.7. The number of aryl methyl sites for hydroxylation is 1. The summed E-state index contributed by atoms with van der Waals surface area (Å²) in [5.41, 5.74) is 2.06. The Morgan fingerprint density at radius 2 is 1.93 bits per heavy atom. The van der Waals surface area contributed by atoms with E-state index < -0.39 is 6.10 Å². The van der Waals surface area contributed by atoms with Crippen molar-refractivity contribution in [2.24, 2.45) is 0 Å². The SMILES string of the molecule is CC[C@@H](Oc1cccc(OC)c1)C(=O)NCc1ccc(-n2ccnc2C)cc1. The molecule has 6 heteroatoms. The number of amides is 1. The Morgan fingerprint density at radius 3 is 2.57 bits per heavy atom. The molecule has 1 aromatic heterocycles. The maximum atomic E-state index is 12.5. The molecule has 1 N–H and O–H groups in total. The van der Waals surface area contributed by atoms with Gasteiger partial charge in [-0.3, -0.25) is 4.79 Å². The van der Waals surface area contributed by atoms with Crippen LogP contribution in [-0.4, -0.2) is 28.7 Å². The summed E-state index contributed by atoms with van der Waals surface area (Å²) < 4.78 is 13.0. The molecule has 1 amide bonds. The summed E-state index contributed by atoms with van der Waals surface area (Å²) in [5.74, 6) is 2.10. The van der Waals surface area contributed by atoms with Crippen LogP contribution < -0.4 is 14.8 Å². The Morgan fingerprint density at radius 1 is 1.18 bits per heavy atom. The number of imidazole rings is 1. The standard InChI is InChI=1S/C22H25N3O3/c1-4-21(28-20-7-5-6-19(14-20)27-3)22(26)24-15-17-8-10-18(11-9-17)25-13-12-23-16(25)2/h5-14,21H,4,15H2,1-3H3,(H,24,26)/t21-/m1/s1. The minimum Gasteiger partial charge on any atom is -0.497 e. The van der Waals surface area contributed by atoms with Gasteiger partial charge in [-0.15, -0.1) is 0 Å². The van der Waals surface area contributed by atoms with E-state index in [1.54, 1.807) is 19.4 Å². The lowest BCUT2D eigenvalue weighted by atomic mass is 10.2. The molecule has 0 saturated heterocycles. The van der Waals surface area contributed by atoms with E-state index in [4.69, 9.17) is 9.47 Å². The maximum absolute atomic E-state index is 12.5. The molecular formula is C22H25N3O3. The quantitative estimate of drug-likeness (QED) is 0.649. The van der Waals surface area contributed by atoms with Crippen molar-refractivity contribution in [2.75, 3.05) is 7.11 Å². The molecule has 0 unspecified atom stereocenters. The van der Waals surface area contributed by atoms with Crippen LogP contribution in [0.4, 0.5) is 0 Å². The molecule has 3 rings (SSSR count). The molecule has 0 saturated carbocycles. The van der Waals surface area contributed by atoms with Gasteiger partial charge in [-0.2, -0.15) is 0 Å². The molecule has 0 fully saturated rings. The molecular weight excluding hydrogens is 354 g/mol. The number of nitrogens with one attached hydrogen (secondary N) is 1. The number of carbonyl (C=O) groups excluding carboxylic acids is 1. The molecule has 6 nitrogen and oxygen atoms in total. The molecule has 0 radical (unpaired) electrons. The third-order valence-corrected chi connectivity index (χ3v) is 4.49. The average Bonchev–Trinajstić information content (AvgIpc) is 3.16. The second kappa shape index (κ2) is 9.08. The summed E-state index contributed by atoms with van der Waals surface area (Å²) in [5, 5.41) is 2.95. The van der Waals surface area contributed by atoms with Crippen molar-refractivity contribution in [3.05, 3.63) is 72.3 Å². The van der Waals surface area contributed by atoms with Gasteiger partial charge in [-0.05, 0) is 43.2 Å². The first-order chi connectivity index (χ1) is 13.6. The van der Waals surface area contributed by atoms with Crippen LogP contribution in [0.25, 0.3) is 5.69 Å². The smallest absolute Gasteiger partial charge is 0.261 e. The van der Waals surface area contributed by atoms with Crippen LogP contribution in [0.2, 0.25) is 0 Å². The van der Waals surface area contributed by atoms with E-state index in [1.807, 2.05) is 67.1 Å². The molecule has 28 heavy (non-hydrogen) atoms. The molecule has 1 heterocycles. The minimum absolute atomic E-state index is 0.139. The summed E-state index contributed by atoms with van der Waals surface area (Å²) in [6.45, 7) is 4.33. The summed E-state index contributed by atoms with van der Waals surface area (Å²) in [7, 11) is 1.60. The van der Waals surface area contributed by atoms with Crippen LogP contribution >= 0.6 is 0 Å². The molecule has 0 aliphatic rings. The number of hydrogen-bond donors (Lipinski definition) is 1. The first-order valence-electron chi connectivity index (χ1n) is 9.28. The van der Waals surface area contributed by atoms with Crippen LogP contribution in [0, 0.1) is 6.92 Å². The van der Waals surface area contributed by atoms with Crippen molar-refractivity contribution in [3.8, 4) is 17.2 Å². The van der Waals surface area contributed by atoms with Crippen LogP contribution in [-0.2, 0) is 11.3 Å².